The molecule has 0 aromatic heterocycles. The highest BCUT2D eigenvalue weighted by atomic mass is 16.3. The number of benzene rings is 2. The smallest absolute Gasteiger partial charge is 0.181 e. The molecule has 3 rings (SSSR count). The first-order valence-electron chi connectivity index (χ1n) is 10.2. The van der Waals surface area contributed by atoms with Crippen LogP contribution in [0.5, 0.6) is 0 Å². The number of carbonyl (C=O) groups is 1. The van der Waals surface area contributed by atoms with Crippen LogP contribution in [0.1, 0.15) is 41.5 Å². The molecule has 0 amide bonds. The van der Waals surface area contributed by atoms with Crippen molar-refractivity contribution < 1.29 is 15.0 Å². The molecule has 1 aliphatic carbocycles. The second kappa shape index (κ2) is 10.9. The Kier molecular flexibility index (Phi) is 7.94. The summed E-state index contributed by atoms with van der Waals surface area (Å²) in [5.41, 5.74) is 7.81. The van der Waals surface area contributed by atoms with Crippen LogP contribution in [-0.4, -0.2) is 35.8 Å². The van der Waals surface area contributed by atoms with Gasteiger partial charge in [-0.2, -0.15) is 0 Å². The number of hydrogen-bond donors (Lipinski definition) is 3. The van der Waals surface area contributed by atoms with Crippen molar-refractivity contribution in [1.82, 2.24) is 5.32 Å². The van der Waals surface area contributed by atoms with E-state index in [4.69, 9.17) is 5.11 Å². The summed E-state index contributed by atoms with van der Waals surface area (Å²) >= 11 is 0. The summed E-state index contributed by atoms with van der Waals surface area (Å²) in [4.78, 5) is 11.1. The van der Waals surface area contributed by atoms with Crippen LogP contribution in [0.3, 0.4) is 0 Å². The zero-order valence-corrected chi connectivity index (χ0v) is 16.7. The van der Waals surface area contributed by atoms with Crippen molar-refractivity contribution in [2.24, 2.45) is 0 Å². The monoisotopic (exact) mass is 391 g/mol. The van der Waals surface area contributed by atoms with Gasteiger partial charge in [0.2, 0.25) is 0 Å². The van der Waals surface area contributed by atoms with Gasteiger partial charge < -0.3 is 15.5 Å². The third-order valence-electron chi connectivity index (χ3n) is 5.29. The number of aliphatic hydroxyl groups is 2. The van der Waals surface area contributed by atoms with Crippen LogP contribution in [-0.2, 0) is 17.8 Å². The quantitative estimate of drug-likeness (QED) is 0.405. The fraction of sp³-hybridized carbons (Fsp3) is 0.320. The summed E-state index contributed by atoms with van der Waals surface area (Å²) < 4.78 is 0. The van der Waals surface area contributed by atoms with E-state index in [0.717, 1.165) is 44.3 Å². The minimum absolute atomic E-state index is 0.241. The number of nitrogens with one attached hydrogen (secondary N) is 1. The van der Waals surface area contributed by atoms with Gasteiger partial charge in [0, 0.05) is 13.2 Å². The average Bonchev–Trinajstić information content (AvgIpc) is 3.11. The largest absolute Gasteiger partial charge is 0.396 e. The number of hydrogen-bond acceptors (Lipinski definition) is 4. The van der Waals surface area contributed by atoms with E-state index >= 15 is 0 Å². The van der Waals surface area contributed by atoms with E-state index in [1.54, 1.807) is 6.08 Å². The molecule has 0 radical (unpaired) electrons. The molecule has 0 unspecified atom stereocenters. The Balaban J connectivity index is 1.52. The van der Waals surface area contributed by atoms with Gasteiger partial charge in [-0.1, -0.05) is 60.2 Å². The van der Waals surface area contributed by atoms with Crippen LogP contribution in [0.25, 0.3) is 11.6 Å². The second-order valence-corrected chi connectivity index (χ2v) is 7.37. The fourth-order valence-corrected chi connectivity index (χ4v) is 3.77. The van der Waals surface area contributed by atoms with E-state index in [2.05, 4.69) is 29.6 Å². The minimum Gasteiger partial charge on any atom is -0.396 e. The SMILES string of the molecule is O=C(/C=C/c1ccc(CNCCC2=C(CCCO)Cc3ccccc32)cc1)CO. The van der Waals surface area contributed by atoms with Gasteiger partial charge in [0.15, 0.2) is 5.78 Å². The molecule has 0 bridgehead atoms. The molecule has 4 nitrogen and oxygen atoms in total. The second-order valence-electron chi connectivity index (χ2n) is 7.37. The standard InChI is InChI=1S/C25H29NO3/c27-15-3-5-22-16-21-4-1-2-6-24(21)25(22)13-14-26-17-20-9-7-19(8-10-20)11-12-23(29)18-28/h1-2,4,6-12,26-28H,3,5,13-18H2/b12-11+. The Hall–Kier alpha value is -2.53. The van der Waals surface area contributed by atoms with Gasteiger partial charge in [-0.15, -0.1) is 0 Å². The molecule has 3 N–H and O–H groups in total. The van der Waals surface area contributed by atoms with Gasteiger partial charge in [0.1, 0.15) is 6.61 Å². The molecule has 0 aliphatic heterocycles. The average molecular weight is 392 g/mol. The van der Waals surface area contributed by atoms with E-state index in [0.29, 0.717) is 0 Å². The molecular weight excluding hydrogens is 362 g/mol. The molecule has 0 atom stereocenters. The molecule has 0 heterocycles. The van der Waals surface area contributed by atoms with Crippen LogP contribution in [0, 0.1) is 0 Å². The number of fused-ring (bicyclic) bond motifs is 1. The Morgan fingerprint density at radius 1 is 1.03 bits per heavy atom. The number of aliphatic hydroxyl groups excluding tert-OH is 2. The highest BCUT2D eigenvalue weighted by molar-refractivity contribution is 5.94. The Morgan fingerprint density at radius 2 is 1.83 bits per heavy atom. The fourth-order valence-electron chi connectivity index (χ4n) is 3.77. The summed E-state index contributed by atoms with van der Waals surface area (Å²) in [6.45, 7) is 1.48. The number of allylic oxidation sites excluding steroid dienone is 1. The van der Waals surface area contributed by atoms with Crippen LogP contribution in [0.2, 0.25) is 0 Å². The lowest BCUT2D eigenvalue weighted by Crippen LogP contribution is -2.15. The molecule has 2 aromatic rings. The zero-order valence-electron chi connectivity index (χ0n) is 16.7. The maximum atomic E-state index is 11.1. The van der Waals surface area contributed by atoms with Gasteiger partial charge in [0.25, 0.3) is 0 Å². The van der Waals surface area contributed by atoms with Crippen LogP contribution < -0.4 is 5.32 Å². The van der Waals surface area contributed by atoms with E-state index in [1.165, 1.54) is 33.9 Å². The summed E-state index contributed by atoms with van der Waals surface area (Å²) in [5, 5.41) is 21.5. The summed E-state index contributed by atoms with van der Waals surface area (Å²) in [6.07, 6.45) is 6.91. The molecule has 0 saturated carbocycles. The molecule has 0 spiro atoms. The molecular formula is C25H29NO3. The van der Waals surface area contributed by atoms with E-state index in [-0.39, 0.29) is 12.4 Å². The third-order valence-corrected chi connectivity index (χ3v) is 5.29. The molecule has 1 aliphatic rings. The molecule has 29 heavy (non-hydrogen) atoms. The van der Waals surface area contributed by atoms with Crippen molar-refractivity contribution in [1.29, 1.82) is 0 Å². The summed E-state index contributed by atoms with van der Waals surface area (Å²) in [7, 11) is 0. The lowest BCUT2D eigenvalue weighted by molar-refractivity contribution is -0.117. The molecule has 0 fully saturated rings. The molecule has 152 valence electrons. The van der Waals surface area contributed by atoms with Crippen LogP contribution >= 0.6 is 0 Å². The lowest BCUT2D eigenvalue weighted by Gasteiger charge is -2.10. The Morgan fingerprint density at radius 3 is 2.59 bits per heavy atom. The van der Waals surface area contributed by atoms with E-state index in [9.17, 15) is 9.90 Å². The summed E-state index contributed by atoms with van der Waals surface area (Å²) in [6, 6.07) is 16.7. The van der Waals surface area contributed by atoms with Crippen molar-refractivity contribution >= 4 is 17.4 Å². The first-order valence-corrected chi connectivity index (χ1v) is 10.2. The highest BCUT2D eigenvalue weighted by Crippen LogP contribution is 2.36. The van der Waals surface area contributed by atoms with Crippen molar-refractivity contribution in [3.63, 3.8) is 0 Å². The van der Waals surface area contributed by atoms with E-state index in [1.807, 2.05) is 24.3 Å². The van der Waals surface area contributed by atoms with Crippen molar-refractivity contribution in [3.05, 3.63) is 82.4 Å². The van der Waals surface area contributed by atoms with Crippen molar-refractivity contribution in [2.45, 2.75) is 32.2 Å². The molecule has 0 saturated heterocycles. The topological polar surface area (TPSA) is 69.6 Å². The predicted octanol–water partition coefficient (Wildman–Crippen LogP) is 3.52. The van der Waals surface area contributed by atoms with Gasteiger partial charge in [-0.25, -0.2) is 0 Å². The number of carbonyl (C=O) groups excluding carboxylic acids is 1. The van der Waals surface area contributed by atoms with E-state index < -0.39 is 6.61 Å². The Labute approximate surface area is 172 Å². The molecule has 2 aromatic carbocycles. The first-order chi connectivity index (χ1) is 14.2. The summed E-state index contributed by atoms with van der Waals surface area (Å²) in [5.74, 6) is -0.295. The maximum absolute atomic E-state index is 11.1. The number of rotatable bonds is 11. The van der Waals surface area contributed by atoms with Gasteiger partial charge in [0.05, 0.1) is 0 Å². The van der Waals surface area contributed by atoms with Gasteiger partial charge in [-0.3, -0.25) is 4.79 Å². The normalized spacial score (nSPS) is 13.3. The van der Waals surface area contributed by atoms with Gasteiger partial charge in [-0.05, 0) is 66.1 Å². The number of ketones is 1. The van der Waals surface area contributed by atoms with Crippen molar-refractivity contribution in [3.8, 4) is 0 Å². The Bertz CT molecular complexity index is 881. The van der Waals surface area contributed by atoms with Crippen LogP contribution in [0.4, 0.5) is 0 Å². The first kappa shape index (κ1) is 21.2. The zero-order chi connectivity index (χ0) is 20.5. The predicted molar refractivity (Wildman–Crippen MR) is 117 cm³/mol. The lowest BCUT2D eigenvalue weighted by atomic mass is 10.0. The van der Waals surface area contributed by atoms with Crippen LogP contribution in [0.15, 0.2) is 60.2 Å². The minimum atomic E-state index is -0.457. The maximum Gasteiger partial charge on any atom is 0.181 e. The van der Waals surface area contributed by atoms with Gasteiger partial charge >= 0.3 is 0 Å². The van der Waals surface area contributed by atoms with Crippen molar-refractivity contribution in [2.75, 3.05) is 19.8 Å². The third kappa shape index (κ3) is 5.97. The molecule has 4 heteroatoms. The highest BCUT2D eigenvalue weighted by Gasteiger charge is 2.20.